The van der Waals surface area contributed by atoms with Crippen molar-refractivity contribution in [1.82, 2.24) is 10.2 Å². The van der Waals surface area contributed by atoms with E-state index in [9.17, 15) is 0 Å². The number of ether oxygens (including phenoxy) is 1. The molecule has 0 amide bonds. The molecular weight excluding hydrogens is 224 g/mol. The summed E-state index contributed by atoms with van der Waals surface area (Å²) in [6, 6.07) is 8.96. The van der Waals surface area contributed by atoms with Gasteiger partial charge in [-0.2, -0.15) is 0 Å². The highest BCUT2D eigenvalue weighted by Crippen LogP contribution is 2.11. The molecule has 0 bridgehead atoms. The maximum atomic E-state index is 5.31. The summed E-state index contributed by atoms with van der Waals surface area (Å²) < 4.78 is 5.31. The summed E-state index contributed by atoms with van der Waals surface area (Å²) in [5.74, 6) is 0. The SMILES string of the molecule is CCNCC(COC)N(C)Cc1ccccc1C. The van der Waals surface area contributed by atoms with E-state index < -0.39 is 0 Å². The third-order valence-corrected chi connectivity index (χ3v) is 3.29. The Hall–Kier alpha value is -0.900. The van der Waals surface area contributed by atoms with E-state index in [0.717, 1.165) is 26.2 Å². The highest BCUT2D eigenvalue weighted by atomic mass is 16.5. The van der Waals surface area contributed by atoms with Crippen LogP contribution in [-0.2, 0) is 11.3 Å². The normalized spacial score (nSPS) is 12.9. The summed E-state index contributed by atoms with van der Waals surface area (Å²) in [4.78, 5) is 2.36. The second-order valence-electron chi connectivity index (χ2n) is 4.76. The van der Waals surface area contributed by atoms with Gasteiger partial charge in [-0.1, -0.05) is 31.2 Å². The summed E-state index contributed by atoms with van der Waals surface area (Å²) >= 11 is 0. The molecule has 0 radical (unpaired) electrons. The number of aryl methyl sites for hydroxylation is 1. The zero-order valence-corrected chi connectivity index (χ0v) is 12.1. The average molecular weight is 250 g/mol. The van der Waals surface area contributed by atoms with Crippen LogP contribution in [0.2, 0.25) is 0 Å². The first-order chi connectivity index (χ1) is 8.69. The fourth-order valence-electron chi connectivity index (χ4n) is 2.03. The van der Waals surface area contributed by atoms with Crippen molar-refractivity contribution in [2.24, 2.45) is 0 Å². The molecule has 0 aliphatic carbocycles. The van der Waals surface area contributed by atoms with Crippen molar-refractivity contribution >= 4 is 0 Å². The lowest BCUT2D eigenvalue weighted by molar-refractivity contribution is 0.101. The zero-order valence-electron chi connectivity index (χ0n) is 12.1. The van der Waals surface area contributed by atoms with Crippen molar-refractivity contribution in [2.75, 3.05) is 33.9 Å². The predicted octanol–water partition coefficient (Wildman–Crippen LogP) is 2.05. The Morgan fingerprint density at radius 2 is 2.06 bits per heavy atom. The van der Waals surface area contributed by atoms with Gasteiger partial charge in [-0.15, -0.1) is 0 Å². The molecule has 18 heavy (non-hydrogen) atoms. The molecule has 0 heterocycles. The molecule has 3 heteroatoms. The van der Waals surface area contributed by atoms with Crippen LogP contribution in [-0.4, -0.2) is 44.8 Å². The summed E-state index contributed by atoms with van der Waals surface area (Å²) in [7, 11) is 3.92. The molecular formula is C15H26N2O. The van der Waals surface area contributed by atoms with E-state index >= 15 is 0 Å². The number of likely N-dealkylation sites (N-methyl/N-ethyl adjacent to an activating group) is 2. The van der Waals surface area contributed by atoms with Gasteiger partial charge in [-0.05, 0) is 31.6 Å². The van der Waals surface area contributed by atoms with Crippen molar-refractivity contribution in [3.05, 3.63) is 35.4 Å². The van der Waals surface area contributed by atoms with Crippen LogP contribution < -0.4 is 5.32 Å². The lowest BCUT2D eigenvalue weighted by Gasteiger charge is -2.28. The molecule has 1 N–H and O–H groups in total. The van der Waals surface area contributed by atoms with Crippen molar-refractivity contribution in [3.8, 4) is 0 Å². The molecule has 0 aliphatic heterocycles. The van der Waals surface area contributed by atoms with Gasteiger partial charge in [0.15, 0.2) is 0 Å². The van der Waals surface area contributed by atoms with Gasteiger partial charge in [0.25, 0.3) is 0 Å². The van der Waals surface area contributed by atoms with E-state index in [-0.39, 0.29) is 0 Å². The molecule has 0 aliphatic rings. The topological polar surface area (TPSA) is 24.5 Å². The quantitative estimate of drug-likeness (QED) is 0.764. The Balaban J connectivity index is 2.60. The Labute approximate surface area is 111 Å². The van der Waals surface area contributed by atoms with Gasteiger partial charge in [0, 0.05) is 26.2 Å². The molecule has 0 spiro atoms. The minimum absolute atomic E-state index is 0.412. The molecule has 3 nitrogen and oxygen atoms in total. The molecule has 0 saturated heterocycles. The standard InChI is InChI=1S/C15H26N2O/c1-5-16-10-15(12-18-4)17(3)11-14-9-7-6-8-13(14)2/h6-9,15-16H,5,10-12H2,1-4H3. The third-order valence-electron chi connectivity index (χ3n) is 3.29. The molecule has 1 unspecified atom stereocenters. The van der Waals surface area contributed by atoms with Crippen LogP contribution in [0.15, 0.2) is 24.3 Å². The molecule has 0 fully saturated rings. The predicted molar refractivity (Wildman–Crippen MR) is 76.9 cm³/mol. The molecule has 1 atom stereocenters. The zero-order chi connectivity index (χ0) is 13.4. The summed E-state index contributed by atoms with van der Waals surface area (Å²) in [6.45, 7) is 7.98. The smallest absolute Gasteiger partial charge is 0.0630 e. The Morgan fingerprint density at radius 3 is 2.67 bits per heavy atom. The van der Waals surface area contributed by atoms with E-state index in [1.807, 2.05) is 0 Å². The minimum Gasteiger partial charge on any atom is -0.383 e. The van der Waals surface area contributed by atoms with E-state index in [2.05, 4.69) is 55.4 Å². The molecule has 1 aromatic rings. The highest BCUT2D eigenvalue weighted by Gasteiger charge is 2.14. The first-order valence-electron chi connectivity index (χ1n) is 6.63. The van der Waals surface area contributed by atoms with Gasteiger partial charge >= 0.3 is 0 Å². The average Bonchev–Trinajstić information content (AvgIpc) is 2.37. The molecule has 1 aromatic carbocycles. The fraction of sp³-hybridized carbons (Fsp3) is 0.600. The van der Waals surface area contributed by atoms with Crippen LogP contribution in [0.25, 0.3) is 0 Å². The van der Waals surface area contributed by atoms with Crippen molar-refractivity contribution < 1.29 is 4.74 Å². The van der Waals surface area contributed by atoms with Gasteiger partial charge in [0.2, 0.25) is 0 Å². The molecule has 102 valence electrons. The van der Waals surface area contributed by atoms with E-state index in [1.165, 1.54) is 11.1 Å². The second-order valence-corrected chi connectivity index (χ2v) is 4.76. The number of nitrogens with zero attached hydrogens (tertiary/aromatic N) is 1. The first-order valence-corrected chi connectivity index (χ1v) is 6.63. The second kappa shape index (κ2) is 8.25. The van der Waals surface area contributed by atoms with Crippen LogP contribution in [0.3, 0.4) is 0 Å². The van der Waals surface area contributed by atoms with E-state index in [1.54, 1.807) is 7.11 Å². The number of methoxy groups -OCH3 is 1. The van der Waals surface area contributed by atoms with Crippen molar-refractivity contribution in [1.29, 1.82) is 0 Å². The van der Waals surface area contributed by atoms with Gasteiger partial charge in [-0.3, -0.25) is 4.90 Å². The summed E-state index contributed by atoms with van der Waals surface area (Å²) in [5.41, 5.74) is 2.74. The number of nitrogens with one attached hydrogen (secondary N) is 1. The Kier molecular flexibility index (Phi) is 6.94. The van der Waals surface area contributed by atoms with Crippen LogP contribution in [0.5, 0.6) is 0 Å². The number of hydrogen-bond acceptors (Lipinski definition) is 3. The Bertz CT molecular complexity index is 341. The van der Waals surface area contributed by atoms with Gasteiger partial charge in [0.1, 0.15) is 0 Å². The van der Waals surface area contributed by atoms with Crippen LogP contribution in [0, 0.1) is 6.92 Å². The number of hydrogen-bond donors (Lipinski definition) is 1. The van der Waals surface area contributed by atoms with E-state index in [0.29, 0.717) is 6.04 Å². The van der Waals surface area contributed by atoms with Crippen molar-refractivity contribution in [3.63, 3.8) is 0 Å². The summed E-state index contributed by atoms with van der Waals surface area (Å²) in [5, 5.41) is 3.39. The fourth-order valence-corrected chi connectivity index (χ4v) is 2.03. The maximum absolute atomic E-state index is 5.31. The minimum atomic E-state index is 0.412. The molecule has 1 rings (SSSR count). The lowest BCUT2D eigenvalue weighted by atomic mass is 10.1. The summed E-state index contributed by atoms with van der Waals surface area (Å²) in [6.07, 6.45) is 0. The van der Waals surface area contributed by atoms with Gasteiger partial charge < -0.3 is 10.1 Å². The first kappa shape index (κ1) is 15.2. The number of rotatable bonds is 8. The maximum Gasteiger partial charge on any atom is 0.0630 e. The third kappa shape index (κ3) is 4.77. The van der Waals surface area contributed by atoms with E-state index in [4.69, 9.17) is 4.74 Å². The van der Waals surface area contributed by atoms with Crippen LogP contribution in [0.1, 0.15) is 18.1 Å². The van der Waals surface area contributed by atoms with Gasteiger partial charge in [-0.25, -0.2) is 0 Å². The van der Waals surface area contributed by atoms with Gasteiger partial charge in [0.05, 0.1) is 6.61 Å². The molecule has 0 saturated carbocycles. The van der Waals surface area contributed by atoms with Crippen LogP contribution in [0.4, 0.5) is 0 Å². The number of benzene rings is 1. The monoisotopic (exact) mass is 250 g/mol. The largest absolute Gasteiger partial charge is 0.383 e. The highest BCUT2D eigenvalue weighted by molar-refractivity contribution is 5.25. The Morgan fingerprint density at radius 1 is 1.33 bits per heavy atom. The van der Waals surface area contributed by atoms with Crippen molar-refractivity contribution in [2.45, 2.75) is 26.4 Å². The molecule has 0 aromatic heterocycles. The van der Waals surface area contributed by atoms with Crippen LogP contribution >= 0.6 is 0 Å². The lowest BCUT2D eigenvalue weighted by Crippen LogP contribution is -2.42.